The van der Waals surface area contributed by atoms with Gasteiger partial charge in [0.1, 0.15) is 17.9 Å². The van der Waals surface area contributed by atoms with Crippen molar-refractivity contribution in [2.45, 2.75) is 19.1 Å². The second-order valence-electron chi connectivity index (χ2n) is 6.50. The van der Waals surface area contributed by atoms with Crippen LogP contribution in [-0.4, -0.2) is 35.6 Å². The highest BCUT2D eigenvalue weighted by Gasteiger charge is 2.31. The van der Waals surface area contributed by atoms with Gasteiger partial charge in [0.15, 0.2) is 0 Å². The summed E-state index contributed by atoms with van der Waals surface area (Å²) in [5, 5.41) is 7.03. The molecule has 2 aromatic rings. The van der Waals surface area contributed by atoms with Crippen molar-refractivity contribution >= 4 is 34.3 Å². The molecule has 0 fully saturated rings. The minimum absolute atomic E-state index is 0.231. The number of carbonyl (C=O) groups excluding carboxylic acids is 2. The van der Waals surface area contributed by atoms with Crippen LogP contribution in [0, 0.1) is 0 Å². The minimum Gasteiger partial charge on any atom is -0.491 e. The molecule has 28 heavy (non-hydrogen) atoms. The first kappa shape index (κ1) is 18.3. The first-order valence-electron chi connectivity index (χ1n) is 8.72. The van der Waals surface area contributed by atoms with Crippen LogP contribution in [0.2, 0.25) is 5.02 Å². The quantitative estimate of drug-likeness (QED) is 0.740. The van der Waals surface area contributed by atoms with Crippen molar-refractivity contribution < 1.29 is 19.1 Å². The van der Waals surface area contributed by atoms with Crippen LogP contribution in [0.3, 0.4) is 0 Å². The lowest BCUT2D eigenvalue weighted by Crippen LogP contribution is -2.41. The van der Waals surface area contributed by atoms with Crippen molar-refractivity contribution in [3.8, 4) is 0 Å². The van der Waals surface area contributed by atoms with E-state index < -0.39 is 12.2 Å². The van der Waals surface area contributed by atoms with Crippen molar-refractivity contribution in [2.24, 2.45) is 0 Å². The largest absolute Gasteiger partial charge is 0.491 e. The number of halogens is 1. The second kappa shape index (κ2) is 7.53. The van der Waals surface area contributed by atoms with Gasteiger partial charge in [-0.15, -0.1) is 0 Å². The van der Waals surface area contributed by atoms with Gasteiger partial charge < -0.3 is 25.1 Å². The van der Waals surface area contributed by atoms with E-state index in [1.165, 1.54) is 6.92 Å². The van der Waals surface area contributed by atoms with Crippen LogP contribution in [0.1, 0.15) is 17.4 Å². The van der Waals surface area contributed by atoms with Gasteiger partial charge in [-0.25, -0.2) is 0 Å². The van der Waals surface area contributed by atoms with E-state index in [2.05, 4.69) is 15.6 Å². The molecule has 0 saturated carbocycles. The van der Waals surface area contributed by atoms with E-state index in [0.717, 1.165) is 10.9 Å². The molecule has 0 radical (unpaired) electrons. The Morgan fingerprint density at radius 2 is 2.11 bits per heavy atom. The molecule has 1 aliphatic carbocycles. The number of rotatable bonds is 3. The van der Waals surface area contributed by atoms with Crippen LogP contribution in [0.4, 0.5) is 0 Å². The molecule has 1 aromatic heterocycles. The Balaban J connectivity index is 1.59. The van der Waals surface area contributed by atoms with Crippen LogP contribution >= 0.6 is 11.6 Å². The van der Waals surface area contributed by atoms with Gasteiger partial charge in [0, 0.05) is 28.5 Å². The number of hydrogen-bond acceptors (Lipinski definition) is 4. The Hall–Kier alpha value is -3.03. The third kappa shape index (κ3) is 3.81. The van der Waals surface area contributed by atoms with Crippen LogP contribution in [-0.2, 0) is 14.3 Å². The van der Waals surface area contributed by atoms with Gasteiger partial charge in [-0.1, -0.05) is 11.6 Å². The monoisotopic (exact) mass is 399 g/mol. The van der Waals surface area contributed by atoms with E-state index in [9.17, 15) is 9.59 Å². The highest BCUT2D eigenvalue weighted by Crippen LogP contribution is 2.24. The first-order valence-corrected chi connectivity index (χ1v) is 9.10. The molecule has 2 heterocycles. The third-order valence-electron chi connectivity index (χ3n) is 4.37. The summed E-state index contributed by atoms with van der Waals surface area (Å²) >= 11 is 6.00. The molecule has 2 atom stereocenters. The predicted molar refractivity (Wildman–Crippen MR) is 105 cm³/mol. The predicted octanol–water partition coefficient (Wildman–Crippen LogP) is 2.77. The summed E-state index contributed by atoms with van der Waals surface area (Å²) in [6, 6.07) is 7.09. The smallest absolute Gasteiger partial charge is 0.272 e. The SMILES string of the molecule is CC(=O)NC1=CC(NC(=O)c2cc3cc(Cl)ccc3[nH]2)=CC2OC=CCOC12. The Kier molecular flexibility index (Phi) is 4.93. The number of aromatic amines is 1. The summed E-state index contributed by atoms with van der Waals surface area (Å²) in [4.78, 5) is 27.3. The van der Waals surface area contributed by atoms with Crippen LogP contribution < -0.4 is 10.6 Å². The highest BCUT2D eigenvalue weighted by atomic mass is 35.5. The summed E-state index contributed by atoms with van der Waals surface area (Å²) < 4.78 is 11.4. The summed E-state index contributed by atoms with van der Waals surface area (Å²) in [5.74, 6) is -0.550. The molecule has 3 N–H and O–H groups in total. The average molecular weight is 400 g/mol. The first-order chi connectivity index (χ1) is 13.5. The Bertz CT molecular complexity index is 1040. The van der Waals surface area contributed by atoms with Gasteiger partial charge >= 0.3 is 0 Å². The summed E-state index contributed by atoms with van der Waals surface area (Å²) in [6.45, 7) is 1.78. The normalized spacial score (nSPS) is 21.1. The van der Waals surface area contributed by atoms with Gasteiger partial charge in [0.05, 0.1) is 18.6 Å². The zero-order chi connectivity index (χ0) is 19.7. The third-order valence-corrected chi connectivity index (χ3v) is 4.60. The van der Waals surface area contributed by atoms with Gasteiger partial charge in [0.25, 0.3) is 5.91 Å². The van der Waals surface area contributed by atoms with E-state index in [-0.39, 0.29) is 11.8 Å². The Labute approximate surface area is 166 Å². The van der Waals surface area contributed by atoms with E-state index in [4.69, 9.17) is 21.1 Å². The van der Waals surface area contributed by atoms with Crippen molar-refractivity contribution in [1.82, 2.24) is 15.6 Å². The topological polar surface area (TPSA) is 92.5 Å². The lowest BCUT2D eigenvalue weighted by atomic mass is 10.0. The maximum absolute atomic E-state index is 12.7. The van der Waals surface area contributed by atoms with Crippen LogP contribution in [0.5, 0.6) is 0 Å². The van der Waals surface area contributed by atoms with E-state index >= 15 is 0 Å². The fourth-order valence-corrected chi connectivity index (χ4v) is 3.37. The molecule has 2 aliphatic rings. The summed E-state index contributed by atoms with van der Waals surface area (Å²) in [6.07, 6.45) is 5.79. The molecule has 2 amide bonds. The fraction of sp³-hybridized carbons (Fsp3) is 0.200. The molecule has 4 rings (SSSR count). The molecule has 144 valence electrons. The second-order valence-corrected chi connectivity index (χ2v) is 6.93. The summed E-state index contributed by atoms with van der Waals surface area (Å²) in [5.41, 5.74) is 2.24. The molecule has 8 heteroatoms. The Morgan fingerprint density at radius 3 is 2.93 bits per heavy atom. The number of aromatic nitrogens is 1. The standard InChI is InChI=1S/C20H18ClN3O4/c1-11(25)22-16-9-14(10-18-19(16)28-6-2-5-27-18)23-20(26)17-8-12-7-13(21)3-4-15(12)24-17/h2-5,7-10,18-19,24H,6H2,1H3,(H,22,25)(H,23,26). The fourth-order valence-electron chi connectivity index (χ4n) is 3.19. The van der Waals surface area contributed by atoms with Gasteiger partial charge in [-0.2, -0.15) is 0 Å². The molecule has 1 aromatic carbocycles. The van der Waals surface area contributed by atoms with Crippen molar-refractivity contribution in [3.63, 3.8) is 0 Å². The number of hydrogen-bond donors (Lipinski definition) is 3. The molecule has 1 aliphatic heterocycles. The lowest BCUT2D eigenvalue weighted by molar-refractivity contribution is -0.118. The zero-order valence-electron chi connectivity index (χ0n) is 15.0. The molecule has 0 bridgehead atoms. The van der Waals surface area contributed by atoms with Gasteiger partial charge in [-0.05, 0) is 42.5 Å². The van der Waals surface area contributed by atoms with Gasteiger partial charge in [-0.3, -0.25) is 9.59 Å². The van der Waals surface area contributed by atoms with E-state index in [1.807, 2.05) is 6.07 Å². The average Bonchev–Trinajstić information content (AvgIpc) is 2.91. The number of nitrogens with one attached hydrogen (secondary N) is 3. The lowest BCUT2D eigenvalue weighted by Gasteiger charge is -2.29. The number of benzene rings is 1. The highest BCUT2D eigenvalue weighted by molar-refractivity contribution is 6.31. The van der Waals surface area contributed by atoms with Crippen molar-refractivity contribution in [2.75, 3.05) is 6.61 Å². The maximum Gasteiger partial charge on any atom is 0.272 e. The van der Waals surface area contributed by atoms with Gasteiger partial charge in [0.2, 0.25) is 5.91 Å². The molecule has 7 nitrogen and oxygen atoms in total. The van der Waals surface area contributed by atoms with Crippen LogP contribution in [0.15, 0.2) is 60.1 Å². The number of carbonyl (C=O) groups is 2. The van der Waals surface area contributed by atoms with E-state index in [0.29, 0.717) is 28.7 Å². The molecular formula is C20H18ClN3O4. The maximum atomic E-state index is 12.7. The molecular weight excluding hydrogens is 382 g/mol. The molecule has 0 saturated heterocycles. The zero-order valence-corrected chi connectivity index (χ0v) is 15.7. The summed E-state index contributed by atoms with van der Waals surface area (Å²) in [7, 11) is 0. The molecule has 2 unspecified atom stereocenters. The number of allylic oxidation sites excluding steroid dienone is 1. The molecule has 0 spiro atoms. The minimum atomic E-state index is -0.470. The van der Waals surface area contributed by atoms with Crippen LogP contribution in [0.25, 0.3) is 10.9 Å². The number of H-pyrrole nitrogens is 1. The number of ether oxygens (including phenoxy) is 2. The van der Waals surface area contributed by atoms with Crippen molar-refractivity contribution in [3.05, 3.63) is 70.9 Å². The van der Waals surface area contributed by atoms with Crippen molar-refractivity contribution in [1.29, 1.82) is 0 Å². The van der Waals surface area contributed by atoms with E-state index in [1.54, 1.807) is 42.7 Å². The Morgan fingerprint density at radius 1 is 1.25 bits per heavy atom. The number of amides is 2. The number of fused-ring (bicyclic) bond motifs is 2.